The summed E-state index contributed by atoms with van der Waals surface area (Å²) in [5.41, 5.74) is 0. The highest BCUT2D eigenvalue weighted by molar-refractivity contribution is 7.92. The lowest BCUT2D eigenvalue weighted by atomic mass is 10.3. The first-order valence-electron chi connectivity index (χ1n) is 4.46. The molecule has 0 bridgehead atoms. The number of carboxylic acids is 1. The Hall–Kier alpha value is -1.11. The van der Waals surface area contributed by atoms with Crippen LogP contribution in [0.4, 0.5) is 0 Å². The topological polar surface area (TPSA) is 101 Å². The molecule has 0 aromatic rings. The molecule has 0 aromatic heterocycles. The smallest absolute Gasteiger partial charge is 0.321 e. The standard InChI is InChI=1S/C8H15NO5S/c1-6(8(11)12)15(13,14)5-3-4-7(10)9-2/h6H,3-5H2,1-2H3,(H,9,10)(H,11,12). The third kappa shape index (κ3) is 4.78. The molecule has 2 N–H and O–H groups in total. The molecular formula is C8H15NO5S. The molecule has 1 atom stereocenters. The fourth-order valence-corrected chi connectivity index (χ4v) is 2.10. The minimum absolute atomic E-state index is 0.0854. The van der Waals surface area contributed by atoms with Crippen LogP contribution in [0.15, 0.2) is 0 Å². The van der Waals surface area contributed by atoms with E-state index >= 15 is 0 Å². The van der Waals surface area contributed by atoms with Gasteiger partial charge in [-0.25, -0.2) is 8.42 Å². The van der Waals surface area contributed by atoms with E-state index in [2.05, 4.69) is 5.32 Å². The molecule has 0 aromatic carbocycles. The molecule has 1 unspecified atom stereocenters. The number of sulfone groups is 1. The van der Waals surface area contributed by atoms with Crippen LogP contribution in [0.3, 0.4) is 0 Å². The Labute approximate surface area is 88.6 Å². The van der Waals surface area contributed by atoms with Crippen LogP contribution in [-0.2, 0) is 19.4 Å². The number of aliphatic carboxylic acids is 1. The van der Waals surface area contributed by atoms with Gasteiger partial charge < -0.3 is 10.4 Å². The van der Waals surface area contributed by atoms with Crippen LogP contribution in [0.1, 0.15) is 19.8 Å². The van der Waals surface area contributed by atoms with Crippen LogP contribution >= 0.6 is 0 Å². The zero-order valence-electron chi connectivity index (χ0n) is 8.69. The highest BCUT2D eigenvalue weighted by Crippen LogP contribution is 2.05. The minimum atomic E-state index is -3.64. The van der Waals surface area contributed by atoms with E-state index in [-0.39, 0.29) is 24.5 Å². The second-order valence-electron chi connectivity index (χ2n) is 3.12. The predicted molar refractivity (Wildman–Crippen MR) is 54.2 cm³/mol. The van der Waals surface area contributed by atoms with Gasteiger partial charge >= 0.3 is 5.97 Å². The van der Waals surface area contributed by atoms with Gasteiger partial charge in [0.05, 0.1) is 5.75 Å². The Bertz CT molecular complexity index is 335. The Morgan fingerprint density at radius 3 is 2.33 bits per heavy atom. The van der Waals surface area contributed by atoms with Gasteiger partial charge in [0.2, 0.25) is 5.91 Å². The number of carboxylic acid groups (broad SMARTS) is 1. The van der Waals surface area contributed by atoms with E-state index in [1.807, 2.05) is 0 Å². The maximum atomic E-state index is 11.3. The quantitative estimate of drug-likeness (QED) is 0.642. The van der Waals surface area contributed by atoms with Gasteiger partial charge in [-0.3, -0.25) is 9.59 Å². The summed E-state index contributed by atoms with van der Waals surface area (Å²) in [6, 6.07) is 0. The Morgan fingerprint density at radius 2 is 1.93 bits per heavy atom. The number of carbonyl (C=O) groups excluding carboxylic acids is 1. The molecule has 0 aliphatic carbocycles. The van der Waals surface area contributed by atoms with E-state index in [1.165, 1.54) is 7.05 Å². The molecule has 0 saturated heterocycles. The van der Waals surface area contributed by atoms with Gasteiger partial charge in [-0.2, -0.15) is 0 Å². The van der Waals surface area contributed by atoms with Crippen molar-refractivity contribution in [3.05, 3.63) is 0 Å². The van der Waals surface area contributed by atoms with Crippen molar-refractivity contribution in [2.75, 3.05) is 12.8 Å². The van der Waals surface area contributed by atoms with Crippen LogP contribution in [-0.4, -0.2) is 43.5 Å². The first kappa shape index (κ1) is 13.9. The predicted octanol–water partition coefficient (Wildman–Crippen LogP) is -0.599. The molecule has 0 fully saturated rings. The second kappa shape index (κ2) is 5.69. The third-order valence-corrected chi connectivity index (χ3v) is 4.13. The molecule has 0 saturated carbocycles. The average molecular weight is 237 g/mol. The van der Waals surface area contributed by atoms with Crippen LogP contribution in [0, 0.1) is 0 Å². The number of amides is 1. The van der Waals surface area contributed by atoms with Crippen molar-refractivity contribution in [1.82, 2.24) is 5.32 Å². The van der Waals surface area contributed by atoms with E-state index in [0.717, 1.165) is 6.92 Å². The molecule has 0 rings (SSSR count). The molecule has 1 amide bonds. The number of hydrogen-bond donors (Lipinski definition) is 2. The fraction of sp³-hybridized carbons (Fsp3) is 0.750. The highest BCUT2D eigenvalue weighted by Gasteiger charge is 2.26. The van der Waals surface area contributed by atoms with Crippen molar-refractivity contribution < 1.29 is 23.1 Å². The summed E-state index contributed by atoms with van der Waals surface area (Å²) in [7, 11) is -2.19. The summed E-state index contributed by atoms with van der Waals surface area (Å²) in [4.78, 5) is 21.2. The van der Waals surface area contributed by atoms with E-state index in [4.69, 9.17) is 5.11 Å². The SMILES string of the molecule is CNC(=O)CCCS(=O)(=O)C(C)C(=O)O. The van der Waals surface area contributed by atoms with Gasteiger partial charge in [0.15, 0.2) is 15.1 Å². The zero-order chi connectivity index (χ0) is 12.1. The summed E-state index contributed by atoms with van der Waals surface area (Å²) in [6.45, 7) is 1.12. The zero-order valence-corrected chi connectivity index (χ0v) is 9.50. The minimum Gasteiger partial charge on any atom is -0.480 e. The number of hydrogen-bond acceptors (Lipinski definition) is 4. The van der Waals surface area contributed by atoms with Crippen molar-refractivity contribution in [3.8, 4) is 0 Å². The summed E-state index contributed by atoms with van der Waals surface area (Å²) < 4.78 is 22.7. The van der Waals surface area contributed by atoms with Crippen molar-refractivity contribution in [2.24, 2.45) is 0 Å². The van der Waals surface area contributed by atoms with Crippen LogP contribution < -0.4 is 5.32 Å². The molecule has 0 radical (unpaired) electrons. The third-order valence-electron chi connectivity index (χ3n) is 2.00. The molecular weight excluding hydrogens is 222 g/mol. The first-order valence-corrected chi connectivity index (χ1v) is 6.17. The Balaban J connectivity index is 4.17. The summed E-state index contributed by atoms with van der Waals surface area (Å²) >= 11 is 0. The van der Waals surface area contributed by atoms with Gasteiger partial charge in [-0.05, 0) is 13.3 Å². The van der Waals surface area contributed by atoms with Gasteiger partial charge in [-0.1, -0.05) is 0 Å². The van der Waals surface area contributed by atoms with E-state index in [1.54, 1.807) is 0 Å². The van der Waals surface area contributed by atoms with Gasteiger partial charge in [-0.15, -0.1) is 0 Å². The molecule has 15 heavy (non-hydrogen) atoms. The normalized spacial score (nSPS) is 13.2. The summed E-state index contributed by atoms with van der Waals surface area (Å²) in [6.07, 6.45) is 0.224. The Morgan fingerprint density at radius 1 is 1.40 bits per heavy atom. The lowest BCUT2D eigenvalue weighted by molar-refractivity contribution is -0.136. The van der Waals surface area contributed by atoms with Crippen molar-refractivity contribution in [2.45, 2.75) is 25.0 Å². The molecule has 7 heteroatoms. The van der Waals surface area contributed by atoms with Crippen molar-refractivity contribution >= 4 is 21.7 Å². The molecule has 6 nitrogen and oxygen atoms in total. The fourth-order valence-electron chi connectivity index (χ4n) is 0.889. The lowest BCUT2D eigenvalue weighted by Gasteiger charge is -2.07. The maximum Gasteiger partial charge on any atom is 0.321 e. The van der Waals surface area contributed by atoms with E-state index in [0.29, 0.717) is 0 Å². The van der Waals surface area contributed by atoms with E-state index in [9.17, 15) is 18.0 Å². The Kier molecular flexibility index (Phi) is 5.27. The first-order chi connectivity index (χ1) is 6.81. The number of nitrogens with one attached hydrogen (secondary N) is 1. The van der Waals surface area contributed by atoms with Crippen LogP contribution in [0.5, 0.6) is 0 Å². The van der Waals surface area contributed by atoms with Crippen LogP contribution in [0.2, 0.25) is 0 Å². The van der Waals surface area contributed by atoms with Gasteiger partial charge in [0.1, 0.15) is 0 Å². The van der Waals surface area contributed by atoms with Gasteiger partial charge in [0, 0.05) is 13.5 Å². The van der Waals surface area contributed by atoms with Crippen molar-refractivity contribution in [3.63, 3.8) is 0 Å². The number of carbonyl (C=O) groups is 2. The molecule has 0 aliphatic rings. The average Bonchev–Trinajstić information content (AvgIpc) is 2.15. The van der Waals surface area contributed by atoms with Crippen molar-refractivity contribution in [1.29, 1.82) is 0 Å². The van der Waals surface area contributed by atoms with E-state index < -0.39 is 21.1 Å². The number of rotatable bonds is 6. The highest BCUT2D eigenvalue weighted by atomic mass is 32.2. The summed E-state index contributed by atoms with van der Waals surface area (Å²) in [5.74, 6) is -1.91. The molecule has 0 heterocycles. The monoisotopic (exact) mass is 237 g/mol. The summed E-state index contributed by atoms with van der Waals surface area (Å²) in [5, 5.41) is 9.45. The van der Waals surface area contributed by atoms with Crippen LogP contribution in [0.25, 0.3) is 0 Å². The second-order valence-corrected chi connectivity index (χ2v) is 5.57. The largest absolute Gasteiger partial charge is 0.480 e. The maximum absolute atomic E-state index is 11.3. The molecule has 0 spiro atoms. The molecule has 0 aliphatic heterocycles. The molecule has 88 valence electrons. The lowest BCUT2D eigenvalue weighted by Crippen LogP contribution is -2.29. The van der Waals surface area contributed by atoms with Gasteiger partial charge in [0.25, 0.3) is 0 Å².